The minimum absolute atomic E-state index is 0.403. The monoisotopic (exact) mass is 208 g/mol. The number of hydrogen-bond acceptors (Lipinski definition) is 4. The van der Waals surface area contributed by atoms with E-state index in [4.69, 9.17) is 5.73 Å². The Morgan fingerprint density at radius 3 is 2.93 bits per heavy atom. The van der Waals surface area contributed by atoms with Crippen LogP contribution in [0.4, 0.5) is 5.95 Å². The van der Waals surface area contributed by atoms with Crippen molar-refractivity contribution in [2.45, 2.75) is 6.54 Å². The SMILES string of the molecule is CN=C(N)NCc1ccnc(N(C)C)n1. The molecule has 0 saturated carbocycles. The Labute approximate surface area is 89.2 Å². The van der Waals surface area contributed by atoms with E-state index in [0.29, 0.717) is 18.5 Å². The lowest BCUT2D eigenvalue weighted by molar-refractivity contribution is 0.844. The van der Waals surface area contributed by atoms with E-state index in [9.17, 15) is 0 Å². The van der Waals surface area contributed by atoms with Crippen LogP contribution in [0, 0.1) is 0 Å². The van der Waals surface area contributed by atoms with Gasteiger partial charge in [-0.05, 0) is 6.07 Å². The van der Waals surface area contributed by atoms with Gasteiger partial charge < -0.3 is 16.0 Å². The van der Waals surface area contributed by atoms with Crippen molar-refractivity contribution in [3.05, 3.63) is 18.0 Å². The van der Waals surface area contributed by atoms with Gasteiger partial charge in [0.1, 0.15) is 0 Å². The van der Waals surface area contributed by atoms with Crippen LogP contribution in [0.5, 0.6) is 0 Å². The molecule has 1 aromatic heterocycles. The van der Waals surface area contributed by atoms with E-state index in [0.717, 1.165) is 5.69 Å². The van der Waals surface area contributed by atoms with Crippen LogP contribution >= 0.6 is 0 Å². The maximum atomic E-state index is 5.50. The largest absolute Gasteiger partial charge is 0.370 e. The Morgan fingerprint density at radius 2 is 2.33 bits per heavy atom. The standard InChI is InChI=1S/C9H16N6/c1-11-8(10)13-6-7-4-5-12-9(14-7)15(2)3/h4-5H,6H2,1-3H3,(H3,10,11,13). The number of nitrogens with zero attached hydrogens (tertiary/aromatic N) is 4. The Balaban J connectivity index is 2.66. The number of guanidine groups is 1. The molecule has 6 nitrogen and oxygen atoms in total. The lowest BCUT2D eigenvalue weighted by atomic mass is 10.4. The second-order valence-corrected chi connectivity index (χ2v) is 3.20. The molecule has 0 saturated heterocycles. The molecule has 0 bridgehead atoms. The maximum Gasteiger partial charge on any atom is 0.225 e. The molecule has 0 aromatic carbocycles. The molecule has 0 aliphatic heterocycles. The summed E-state index contributed by atoms with van der Waals surface area (Å²) in [5, 5.41) is 2.93. The number of hydrogen-bond donors (Lipinski definition) is 2. The molecule has 1 heterocycles. The fourth-order valence-electron chi connectivity index (χ4n) is 0.959. The third-order valence-corrected chi connectivity index (χ3v) is 1.79. The van der Waals surface area contributed by atoms with Crippen LogP contribution < -0.4 is 16.0 Å². The van der Waals surface area contributed by atoms with Crippen molar-refractivity contribution < 1.29 is 0 Å². The lowest BCUT2D eigenvalue weighted by Crippen LogP contribution is -2.31. The highest BCUT2D eigenvalue weighted by Crippen LogP contribution is 2.02. The molecule has 0 unspecified atom stereocenters. The molecule has 0 spiro atoms. The normalized spacial score (nSPS) is 11.3. The predicted octanol–water partition coefficient (Wildman–Crippen LogP) is -0.423. The van der Waals surface area contributed by atoms with Gasteiger partial charge >= 0.3 is 0 Å². The van der Waals surface area contributed by atoms with Crippen LogP contribution in [-0.4, -0.2) is 37.1 Å². The zero-order valence-corrected chi connectivity index (χ0v) is 9.23. The van der Waals surface area contributed by atoms with E-state index in [1.807, 2.05) is 25.1 Å². The van der Waals surface area contributed by atoms with Crippen LogP contribution in [0.3, 0.4) is 0 Å². The lowest BCUT2D eigenvalue weighted by Gasteiger charge is -2.11. The summed E-state index contributed by atoms with van der Waals surface area (Å²) in [5.41, 5.74) is 6.38. The van der Waals surface area contributed by atoms with Gasteiger partial charge in [0.25, 0.3) is 0 Å². The van der Waals surface area contributed by atoms with E-state index in [1.54, 1.807) is 13.2 Å². The number of aliphatic imine (C=N–C) groups is 1. The molecular weight excluding hydrogens is 192 g/mol. The fraction of sp³-hybridized carbons (Fsp3) is 0.444. The van der Waals surface area contributed by atoms with Crippen molar-refractivity contribution in [2.75, 3.05) is 26.0 Å². The maximum absolute atomic E-state index is 5.50. The van der Waals surface area contributed by atoms with Gasteiger partial charge in [-0.1, -0.05) is 0 Å². The van der Waals surface area contributed by atoms with Gasteiger partial charge in [0.05, 0.1) is 12.2 Å². The summed E-state index contributed by atoms with van der Waals surface area (Å²) in [4.78, 5) is 14.1. The highest BCUT2D eigenvalue weighted by atomic mass is 15.2. The molecule has 82 valence electrons. The first-order chi connectivity index (χ1) is 7.13. The van der Waals surface area contributed by atoms with Gasteiger partial charge in [-0.25, -0.2) is 9.97 Å². The molecule has 0 amide bonds. The Morgan fingerprint density at radius 1 is 1.60 bits per heavy atom. The molecule has 15 heavy (non-hydrogen) atoms. The quantitative estimate of drug-likeness (QED) is 0.521. The number of aromatic nitrogens is 2. The Hall–Kier alpha value is -1.85. The van der Waals surface area contributed by atoms with E-state index in [1.165, 1.54) is 0 Å². The summed E-state index contributed by atoms with van der Waals surface area (Å²) in [6, 6.07) is 1.84. The molecule has 0 atom stereocenters. The second-order valence-electron chi connectivity index (χ2n) is 3.20. The van der Waals surface area contributed by atoms with Crippen molar-refractivity contribution in [1.82, 2.24) is 15.3 Å². The van der Waals surface area contributed by atoms with E-state index >= 15 is 0 Å². The van der Waals surface area contributed by atoms with Crippen molar-refractivity contribution in [3.8, 4) is 0 Å². The summed E-state index contributed by atoms with van der Waals surface area (Å²) in [6.45, 7) is 0.548. The van der Waals surface area contributed by atoms with Crippen LogP contribution in [0.15, 0.2) is 17.3 Å². The van der Waals surface area contributed by atoms with Gasteiger partial charge in [-0.2, -0.15) is 0 Å². The third-order valence-electron chi connectivity index (χ3n) is 1.79. The van der Waals surface area contributed by atoms with E-state index < -0.39 is 0 Å². The molecule has 0 aliphatic carbocycles. The van der Waals surface area contributed by atoms with Gasteiger partial charge in [0.15, 0.2) is 5.96 Å². The summed E-state index contributed by atoms with van der Waals surface area (Å²) < 4.78 is 0. The minimum Gasteiger partial charge on any atom is -0.370 e. The van der Waals surface area contributed by atoms with Gasteiger partial charge in [0, 0.05) is 27.3 Å². The summed E-state index contributed by atoms with van der Waals surface area (Å²) in [6.07, 6.45) is 1.72. The van der Waals surface area contributed by atoms with E-state index in [2.05, 4.69) is 20.3 Å². The molecular formula is C9H16N6. The van der Waals surface area contributed by atoms with Crippen LogP contribution in [0.1, 0.15) is 5.69 Å². The molecule has 0 aliphatic rings. The first-order valence-electron chi connectivity index (χ1n) is 4.59. The molecule has 6 heteroatoms. The Kier molecular flexibility index (Phi) is 3.84. The average Bonchev–Trinajstić information content (AvgIpc) is 2.26. The smallest absolute Gasteiger partial charge is 0.225 e. The molecule has 3 N–H and O–H groups in total. The van der Waals surface area contributed by atoms with Gasteiger partial charge in [-0.3, -0.25) is 4.99 Å². The molecule has 0 fully saturated rings. The van der Waals surface area contributed by atoms with Gasteiger partial charge in [-0.15, -0.1) is 0 Å². The topological polar surface area (TPSA) is 79.4 Å². The number of anilines is 1. The van der Waals surface area contributed by atoms with Gasteiger partial charge in [0.2, 0.25) is 5.95 Å². The van der Waals surface area contributed by atoms with Crippen molar-refractivity contribution >= 4 is 11.9 Å². The molecule has 0 radical (unpaired) electrons. The summed E-state index contributed by atoms with van der Waals surface area (Å²) in [7, 11) is 5.43. The van der Waals surface area contributed by atoms with Crippen LogP contribution in [0.2, 0.25) is 0 Å². The first kappa shape index (κ1) is 11.2. The minimum atomic E-state index is 0.403. The first-order valence-corrected chi connectivity index (χ1v) is 4.59. The van der Waals surface area contributed by atoms with E-state index in [-0.39, 0.29) is 0 Å². The second kappa shape index (κ2) is 5.14. The predicted molar refractivity (Wildman–Crippen MR) is 60.7 cm³/mol. The summed E-state index contributed by atoms with van der Waals surface area (Å²) >= 11 is 0. The number of nitrogens with two attached hydrogens (primary N) is 1. The average molecular weight is 208 g/mol. The number of rotatable bonds is 3. The summed E-state index contributed by atoms with van der Waals surface area (Å²) in [5.74, 6) is 1.08. The zero-order valence-electron chi connectivity index (χ0n) is 9.23. The molecule has 1 aromatic rings. The third kappa shape index (κ3) is 3.41. The Bertz CT molecular complexity index is 346. The van der Waals surface area contributed by atoms with Crippen LogP contribution in [0.25, 0.3) is 0 Å². The zero-order chi connectivity index (χ0) is 11.3. The van der Waals surface area contributed by atoms with Crippen molar-refractivity contribution in [1.29, 1.82) is 0 Å². The van der Waals surface area contributed by atoms with Crippen LogP contribution in [-0.2, 0) is 6.54 Å². The number of nitrogens with one attached hydrogen (secondary N) is 1. The highest BCUT2D eigenvalue weighted by molar-refractivity contribution is 5.77. The fourth-order valence-corrected chi connectivity index (χ4v) is 0.959. The molecule has 1 rings (SSSR count). The van der Waals surface area contributed by atoms with Crippen molar-refractivity contribution in [2.24, 2.45) is 10.7 Å². The van der Waals surface area contributed by atoms with Crippen molar-refractivity contribution in [3.63, 3.8) is 0 Å². The highest BCUT2D eigenvalue weighted by Gasteiger charge is 2.00.